The largest absolute Gasteiger partial charge is 0.573 e. The van der Waals surface area contributed by atoms with Crippen molar-refractivity contribution < 1.29 is 37.3 Å². The quantitative estimate of drug-likeness (QED) is 0.355. The molecule has 8 nitrogen and oxygen atoms in total. The molecule has 182 valence electrons. The van der Waals surface area contributed by atoms with E-state index in [1.165, 1.54) is 18.5 Å². The van der Waals surface area contributed by atoms with Gasteiger partial charge in [-0.15, -0.1) is 13.2 Å². The van der Waals surface area contributed by atoms with E-state index in [1.807, 2.05) is 31.2 Å². The van der Waals surface area contributed by atoms with Crippen LogP contribution < -0.4 is 14.2 Å². The number of hydrogen-bond donors (Lipinski definition) is 1. The average molecular weight is 487 g/mol. The molecule has 0 spiro atoms. The number of imidazole rings is 1. The molecule has 0 saturated carbocycles. The van der Waals surface area contributed by atoms with Crippen molar-refractivity contribution in [1.29, 1.82) is 0 Å². The predicted octanol–water partition coefficient (Wildman–Crippen LogP) is 5.01. The number of carboxylic acids is 1. The molecule has 4 aromatic rings. The van der Waals surface area contributed by atoms with Crippen LogP contribution in [-0.2, 0) is 6.42 Å². The Morgan fingerprint density at radius 1 is 1.06 bits per heavy atom. The first-order valence-electron chi connectivity index (χ1n) is 10.5. The molecular formula is C24H20F3N3O5. The maximum absolute atomic E-state index is 12.3. The van der Waals surface area contributed by atoms with Gasteiger partial charge < -0.3 is 19.3 Å². The fourth-order valence-electron chi connectivity index (χ4n) is 3.55. The van der Waals surface area contributed by atoms with Crippen LogP contribution in [0.3, 0.4) is 0 Å². The molecule has 0 aliphatic rings. The van der Waals surface area contributed by atoms with Gasteiger partial charge in [0.05, 0.1) is 18.9 Å². The van der Waals surface area contributed by atoms with Crippen LogP contribution in [0, 0.1) is 0 Å². The number of ether oxygens (including phenoxy) is 3. The van der Waals surface area contributed by atoms with Crippen molar-refractivity contribution in [3.8, 4) is 28.4 Å². The van der Waals surface area contributed by atoms with Crippen LogP contribution in [0.2, 0.25) is 0 Å². The molecule has 0 amide bonds. The van der Waals surface area contributed by atoms with Crippen molar-refractivity contribution in [2.75, 3.05) is 13.2 Å². The van der Waals surface area contributed by atoms with Crippen molar-refractivity contribution in [3.63, 3.8) is 0 Å². The lowest BCUT2D eigenvalue weighted by Crippen LogP contribution is -2.17. The Labute approximate surface area is 197 Å². The molecule has 1 N–H and O–H groups in total. The van der Waals surface area contributed by atoms with Gasteiger partial charge in [0, 0.05) is 18.2 Å². The fraction of sp³-hybridized carbons (Fsp3) is 0.208. The van der Waals surface area contributed by atoms with Gasteiger partial charge in [-0.05, 0) is 48.9 Å². The minimum absolute atomic E-state index is 0.0532. The Hall–Kier alpha value is -4.28. The summed E-state index contributed by atoms with van der Waals surface area (Å²) in [7, 11) is 0. The number of rotatable bonds is 9. The van der Waals surface area contributed by atoms with Crippen LogP contribution in [0.15, 0.2) is 61.1 Å². The fourth-order valence-corrected chi connectivity index (χ4v) is 3.55. The van der Waals surface area contributed by atoms with E-state index >= 15 is 0 Å². The molecule has 0 radical (unpaired) electrons. The van der Waals surface area contributed by atoms with Crippen LogP contribution in [0.1, 0.15) is 23.1 Å². The highest BCUT2D eigenvalue weighted by Crippen LogP contribution is 2.29. The van der Waals surface area contributed by atoms with Gasteiger partial charge in [0.1, 0.15) is 29.2 Å². The summed E-state index contributed by atoms with van der Waals surface area (Å²) >= 11 is 0. The SMILES string of the molecule is CCOc1cccc(-c2cncn3c(CCOc4ccc(OC(F)(F)F)cc4)c(C(=O)O)nc23)c1. The number of benzene rings is 2. The van der Waals surface area contributed by atoms with E-state index in [0.29, 0.717) is 35.0 Å². The number of aromatic carboxylic acids is 1. The van der Waals surface area contributed by atoms with E-state index in [-0.39, 0.29) is 24.5 Å². The number of hydrogen-bond acceptors (Lipinski definition) is 6. The van der Waals surface area contributed by atoms with Crippen molar-refractivity contribution in [2.45, 2.75) is 19.7 Å². The van der Waals surface area contributed by atoms with E-state index in [9.17, 15) is 23.1 Å². The van der Waals surface area contributed by atoms with Gasteiger partial charge in [0.25, 0.3) is 0 Å². The molecule has 35 heavy (non-hydrogen) atoms. The topological polar surface area (TPSA) is 95.2 Å². The highest BCUT2D eigenvalue weighted by atomic mass is 19.4. The number of carbonyl (C=O) groups is 1. The number of halogens is 3. The number of fused-ring (bicyclic) bond motifs is 1. The number of alkyl halides is 3. The van der Waals surface area contributed by atoms with E-state index in [1.54, 1.807) is 10.6 Å². The molecule has 0 unspecified atom stereocenters. The Balaban J connectivity index is 1.57. The summed E-state index contributed by atoms with van der Waals surface area (Å²) in [5.41, 5.74) is 2.04. The van der Waals surface area contributed by atoms with Crippen LogP contribution in [0.25, 0.3) is 16.8 Å². The van der Waals surface area contributed by atoms with Crippen molar-refractivity contribution >= 4 is 11.6 Å². The van der Waals surface area contributed by atoms with Gasteiger partial charge >= 0.3 is 12.3 Å². The second-order valence-electron chi connectivity index (χ2n) is 7.29. The minimum Gasteiger partial charge on any atom is -0.494 e. The highest BCUT2D eigenvalue weighted by Gasteiger charge is 2.31. The van der Waals surface area contributed by atoms with Crippen molar-refractivity contribution in [3.05, 3.63) is 72.4 Å². The minimum atomic E-state index is -4.78. The molecule has 4 rings (SSSR count). The molecule has 0 atom stereocenters. The molecule has 0 fully saturated rings. The smallest absolute Gasteiger partial charge is 0.494 e. The molecular weight excluding hydrogens is 467 g/mol. The summed E-state index contributed by atoms with van der Waals surface area (Å²) < 4.78 is 53.5. The zero-order valence-electron chi connectivity index (χ0n) is 18.5. The first-order valence-corrected chi connectivity index (χ1v) is 10.5. The summed E-state index contributed by atoms with van der Waals surface area (Å²) in [6.07, 6.45) is -1.54. The molecule has 11 heteroatoms. The van der Waals surface area contributed by atoms with Gasteiger partial charge in [-0.3, -0.25) is 4.40 Å². The molecule has 0 aliphatic heterocycles. The number of carboxylic acid groups (broad SMARTS) is 1. The zero-order valence-corrected chi connectivity index (χ0v) is 18.5. The van der Waals surface area contributed by atoms with Crippen LogP contribution in [0.5, 0.6) is 17.2 Å². The Morgan fingerprint density at radius 3 is 2.49 bits per heavy atom. The third kappa shape index (κ3) is 5.62. The van der Waals surface area contributed by atoms with Gasteiger partial charge in [-0.25, -0.2) is 14.8 Å². The maximum atomic E-state index is 12.3. The van der Waals surface area contributed by atoms with E-state index in [0.717, 1.165) is 17.7 Å². The molecule has 0 saturated heterocycles. The molecule has 0 aliphatic carbocycles. The summed E-state index contributed by atoms with van der Waals surface area (Å²) in [6.45, 7) is 2.43. The molecule has 2 heterocycles. The van der Waals surface area contributed by atoms with Crippen molar-refractivity contribution in [1.82, 2.24) is 14.4 Å². The lowest BCUT2D eigenvalue weighted by molar-refractivity contribution is -0.274. The van der Waals surface area contributed by atoms with Gasteiger partial charge in [0.2, 0.25) is 0 Å². The summed E-state index contributed by atoms with van der Waals surface area (Å²) in [5, 5.41) is 9.72. The predicted molar refractivity (Wildman–Crippen MR) is 119 cm³/mol. The van der Waals surface area contributed by atoms with Crippen molar-refractivity contribution in [2.24, 2.45) is 0 Å². The summed E-state index contributed by atoms with van der Waals surface area (Å²) in [5.74, 6) is -0.604. The molecule has 2 aromatic carbocycles. The van der Waals surface area contributed by atoms with Gasteiger partial charge in [-0.2, -0.15) is 0 Å². The summed E-state index contributed by atoms with van der Waals surface area (Å²) in [6, 6.07) is 12.2. The van der Waals surface area contributed by atoms with E-state index < -0.39 is 12.3 Å². The second-order valence-corrected chi connectivity index (χ2v) is 7.29. The first kappa shape index (κ1) is 23.9. The van der Waals surface area contributed by atoms with E-state index in [2.05, 4.69) is 14.7 Å². The molecule has 0 bridgehead atoms. The van der Waals surface area contributed by atoms with Gasteiger partial charge in [0.15, 0.2) is 5.69 Å². The van der Waals surface area contributed by atoms with Crippen LogP contribution >= 0.6 is 0 Å². The zero-order chi connectivity index (χ0) is 25.0. The maximum Gasteiger partial charge on any atom is 0.573 e. The standard InChI is InChI=1S/C24H20F3N3O5/c1-2-33-18-5-3-4-15(12-18)19-13-28-14-30-20(21(23(31)32)29-22(19)30)10-11-34-16-6-8-17(9-7-16)35-24(25,26)27/h3-9,12-14H,2,10-11H2,1H3,(H,31,32). The highest BCUT2D eigenvalue weighted by molar-refractivity contribution is 5.90. The number of nitrogens with zero attached hydrogens (tertiary/aromatic N) is 3. The van der Waals surface area contributed by atoms with Crippen LogP contribution in [-0.4, -0.2) is 45.0 Å². The summed E-state index contributed by atoms with van der Waals surface area (Å²) in [4.78, 5) is 20.5. The third-order valence-electron chi connectivity index (χ3n) is 4.96. The Morgan fingerprint density at radius 2 is 1.80 bits per heavy atom. The second kappa shape index (κ2) is 9.92. The average Bonchev–Trinajstić information content (AvgIpc) is 3.19. The molecule has 2 aromatic heterocycles. The Kier molecular flexibility index (Phi) is 6.76. The van der Waals surface area contributed by atoms with E-state index in [4.69, 9.17) is 9.47 Å². The third-order valence-corrected chi connectivity index (χ3v) is 4.96. The lowest BCUT2D eigenvalue weighted by Gasteiger charge is -2.10. The first-order chi connectivity index (χ1) is 16.7. The normalized spacial score (nSPS) is 11.4. The number of aromatic nitrogens is 3. The van der Waals surface area contributed by atoms with Gasteiger partial charge in [-0.1, -0.05) is 12.1 Å². The van der Waals surface area contributed by atoms with Crippen LogP contribution in [0.4, 0.5) is 13.2 Å². The monoisotopic (exact) mass is 487 g/mol. The Bertz CT molecular complexity index is 1340. The lowest BCUT2D eigenvalue weighted by atomic mass is 10.1.